The lowest BCUT2D eigenvalue weighted by Crippen LogP contribution is -2.25. The molecule has 1 aromatic carbocycles. The number of aromatic nitrogens is 1. The predicted molar refractivity (Wildman–Crippen MR) is 114 cm³/mol. The van der Waals surface area contributed by atoms with Crippen molar-refractivity contribution in [2.75, 3.05) is 24.3 Å². The van der Waals surface area contributed by atoms with Gasteiger partial charge in [0.2, 0.25) is 0 Å². The number of thioether (sulfide) groups is 1. The number of Topliss-reactive ketones (excluding diaryl/α,β-unsaturated/α-hetero) is 1. The van der Waals surface area contributed by atoms with E-state index in [2.05, 4.69) is 10.3 Å². The molecule has 2 aromatic rings. The van der Waals surface area contributed by atoms with Crippen molar-refractivity contribution in [1.29, 1.82) is 0 Å². The molecule has 1 aromatic heterocycles. The Bertz CT molecular complexity index is 856. The van der Waals surface area contributed by atoms with Crippen LogP contribution >= 0.6 is 24.0 Å². The molecule has 1 aliphatic rings. The average Bonchev–Trinajstić information content (AvgIpc) is 3.31. The maximum Gasteiger partial charge on any atom is 0.270 e. The Morgan fingerprint density at radius 2 is 1.81 bits per heavy atom. The summed E-state index contributed by atoms with van der Waals surface area (Å²) in [6, 6.07) is 10.8. The first-order valence-electron chi connectivity index (χ1n) is 8.97. The van der Waals surface area contributed by atoms with Gasteiger partial charge in [0.25, 0.3) is 5.91 Å². The molecular formula is C20H23N3O2S2. The molecule has 0 saturated carbocycles. The molecule has 0 bridgehead atoms. The normalized spacial score (nSPS) is 13.6. The van der Waals surface area contributed by atoms with Crippen LogP contribution in [0.4, 0.5) is 0 Å². The Balaban J connectivity index is 1.66. The molecule has 0 radical (unpaired) electrons. The molecule has 1 amide bonds. The fraction of sp³-hybridized carbons (Fsp3) is 0.350. The molecule has 0 aliphatic carbocycles. The van der Waals surface area contributed by atoms with E-state index in [1.165, 1.54) is 11.8 Å². The molecule has 1 saturated heterocycles. The number of nitrogens with one attached hydrogen (secondary N) is 1. The number of benzene rings is 1. The molecule has 142 valence electrons. The van der Waals surface area contributed by atoms with E-state index in [-0.39, 0.29) is 11.7 Å². The summed E-state index contributed by atoms with van der Waals surface area (Å²) in [5.41, 5.74) is 5.60. The van der Waals surface area contributed by atoms with Gasteiger partial charge in [0.1, 0.15) is 4.32 Å². The molecule has 0 unspecified atom stereocenters. The number of likely N-dealkylation sites (tertiary alicyclic amines) is 1. The lowest BCUT2D eigenvalue weighted by atomic mass is 10.2. The first-order valence-corrected chi connectivity index (χ1v) is 10.4. The maximum absolute atomic E-state index is 12.7. The highest BCUT2D eigenvalue weighted by Crippen LogP contribution is 2.20. The minimum atomic E-state index is -0.207. The minimum Gasteiger partial charge on any atom is -0.358 e. The Morgan fingerprint density at radius 1 is 1.15 bits per heavy atom. The summed E-state index contributed by atoms with van der Waals surface area (Å²) in [4.78, 5) is 27.3. The number of ketones is 1. The van der Waals surface area contributed by atoms with Gasteiger partial charge in [0.05, 0.1) is 5.75 Å². The van der Waals surface area contributed by atoms with Crippen molar-refractivity contribution in [3.8, 4) is 0 Å². The van der Waals surface area contributed by atoms with E-state index in [0.717, 1.165) is 41.6 Å². The molecule has 0 spiro atoms. The molecule has 1 fully saturated rings. The number of carbonyl (C=O) groups is 2. The number of amides is 1. The Hall–Kier alpha value is -2.12. The van der Waals surface area contributed by atoms with Crippen LogP contribution in [0.5, 0.6) is 0 Å². The third-order valence-corrected chi connectivity index (χ3v) is 6.20. The van der Waals surface area contributed by atoms with Gasteiger partial charge >= 0.3 is 0 Å². The molecule has 1 N–H and O–H groups in total. The molecule has 2 heterocycles. The molecule has 0 atom stereocenters. The second-order valence-electron chi connectivity index (χ2n) is 6.60. The molecule has 3 rings (SSSR count). The number of hydrogen-bond donors (Lipinski definition) is 1. The van der Waals surface area contributed by atoms with Crippen LogP contribution in [0.25, 0.3) is 0 Å². The van der Waals surface area contributed by atoms with Gasteiger partial charge in [-0.05, 0) is 44.9 Å². The number of hydrogen-bond acceptors (Lipinski definition) is 4. The Labute approximate surface area is 169 Å². The lowest BCUT2D eigenvalue weighted by Gasteiger charge is -2.17. The summed E-state index contributed by atoms with van der Waals surface area (Å²) in [6.45, 7) is 5.69. The summed E-state index contributed by atoms with van der Waals surface area (Å²) in [6.07, 6.45) is 2.33. The quantitative estimate of drug-likeness (QED) is 0.610. The molecular weight excluding hydrogens is 378 g/mol. The van der Waals surface area contributed by atoms with Crippen molar-refractivity contribution in [3.63, 3.8) is 0 Å². The average molecular weight is 402 g/mol. The SMILES string of the molecule is Cc1cc(C(=O)CSC(=S)N2CCCC2)c(C)n1NC(=O)c1ccccc1. The van der Waals surface area contributed by atoms with Gasteiger partial charge in [-0.25, -0.2) is 0 Å². The van der Waals surface area contributed by atoms with Crippen LogP contribution in [0.15, 0.2) is 36.4 Å². The zero-order valence-electron chi connectivity index (χ0n) is 15.5. The van der Waals surface area contributed by atoms with E-state index in [1.807, 2.05) is 38.1 Å². The number of nitrogens with zero attached hydrogens (tertiary/aromatic N) is 2. The Morgan fingerprint density at radius 3 is 2.48 bits per heavy atom. The number of carbonyl (C=O) groups excluding carboxylic acids is 2. The molecule has 7 heteroatoms. The summed E-state index contributed by atoms with van der Waals surface area (Å²) < 4.78 is 2.47. The minimum absolute atomic E-state index is 0.0230. The number of thiocarbonyl (C=S) groups is 1. The third-order valence-electron chi connectivity index (χ3n) is 4.67. The van der Waals surface area contributed by atoms with Gasteiger partial charge in [0, 0.05) is 35.6 Å². The van der Waals surface area contributed by atoms with Crippen molar-refractivity contribution >= 4 is 40.0 Å². The van der Waals surface area contributed by atoms with Gasteiger partial charge < -0.3 is 4.90 Å². The Kier molecular flexibility index (Phi) is 6.34. The number of rotatable bonds is 5. The summed E-state index contributed by atoms with van der Waals surface area (Å²) in [5, 5.41) is 0. The van der Waals surface area contributed by atoms with Crippen LogP contribution in [0.1, 0.15) is 44.9 Å². The van der Waals surface area contributed by atoms with Gasteiger partial charge in [0.15, 0.2) is 5.78 Å². The smallest absolute Gasteiger partial charge is 0.270 e. The fourth-order valence-electron chi connectivity index (χ4n) is 3.17. The van der Waals surface area contributed by atoms with E-state index in [4.69, 9.17) is 12.2 Å². The van der Waals surface area contributed by atoms with E-state index in [9.17, 15) is 9.59 Å². The molecule has 27 heavy (non-hydrogen) atoms. The van der Waals surface area contributed by atoms with Crippen molar-refractivity contribution in [2.24, 2.45) is 0 Å². The molecule has 5 nitrogen and oxygen atoms in total. The van der Waals surface area contributed by atoms with E-state index >= 15 is 0 Å². The van der Waals surface area contributed by atoms with Crippen molar-refractivity contribution in [2.45, 2.75) is 26.7 Å². The van der Waals surface area contributed by atoms with Crippen LogP contribution in [0.3, 0.4) is 0 Å². The van der Waals surface area contributed by atoms with Crippen LogP contribution in [-0.4, -0.2) is 44.4 Å². The second kappa shape index (κ2) is 8.71. The van der Waals surface area contributed by atoms with Crippen molar-refractivity contribution < 1.29 is 9.59 Å². The summed E-state index contributed by atoms with van der Waals surface area (Å²) in [5.74, 6) is 0.127. The largest absolute Gasteiger partial charge is 0.358 e. The standard InChI is InChI=1S/C20H23N3O2S2/c1-14-12-17(18(24)13-27-20(26)22-10-6-7-11-22)15(2)23(14)21-19(25)16-8-4-3-5-9-16/h3-5,8-9,12H,6-7,10-11,13H2,1-2H3,(H,21,25). The summed E-state index contributed by atoms with van der Waals surface area (Å²) >= 11 is 6.85. The van der Waals surface area contributed by atoms with Crippen LogP contribution in [-0.2, 0) is 0 Å². The second-order valence-corrected chi connectivity index (χ2v) is 8.21. The van der Waals surface area contributed by atoms with Crippen LogP contribution in [0.2, 0.25) is 0 Å². The topological polar surface area (TPSA) is 54.3 Å². The molecule has 1 aliphatic heterocycles. The van der Waals surface area contributed by atoms with Gasteiger partial charge in [-0.1, -0.05) is 42.2 Å². The number of aryl methyl sites for hydroxylation is 1. The van der Waals surface area contributed by atoms with Gasteiger partial charge in [-0.3, -0.25) is 19.7 Å². The highest BCUT2D eigenvalue weighted by Gasteiger charge is 2.20. The van der Waals surface area contributed by atoms with Crippen molar-refractivity contribution in [3.05, 3.63) is 58.9 Å². The van der Waals surface area contributed by atoms with E-state index in [1.54, 1.807) is 16.8 Å². The van der Waals surface area contributed by atoms with Crippen LogP contribution in [0, 0.1) is 13.8 Å². The fourth-order valence-corrected chi connectivity index (χ4v) is 4.30. The lowest BCUT2D eigenvalue weighted by molar-refractivity contribution is 0.0999. The van der Waals surface area contributed by atoms with E-state index in [0.29, 0.717) is 16.9 Å². The van der Waals surface area contributed by atoms with Gasteiger partial charge in [-0.15, -0.1) is 0 Å². The monoisotopic (exact) mass is 401 g/mol. The first-order chi connectivity index (χ1) is 13.0. The first kappa shape index (κ1) is 19.6. The highest BCUT2D eigenvalue weighted by atomic mass is 32.2. The van der Waals surface area contributed by atoms with Crippen molar-refractivity contribution in [1.82, 2.24) is 9.58 Å². The highest BCUT2D eigenvalue weighted by molar-refractivity contribution is 8.23. The summed E-state index contributed by atoms with van der Waals surface area (Å²) in [7, 11) is 0. The van der Waals surface area contributed by atoms with E-state index < -0.39 is 0 Å². The van der Waals surface area contributed by atoms with Crippen LogP contribution < -0.4 is 5.43 Å². The van der Waals surface area contributed by atoms with Gasteiger partial charge in [-0.2, -0.15) is 0 Å². The third kappa shape index (κ3) is 4.59. The zero-order valence-corrected chi connectivity index (χ0v) is 17.2. The zero-order chi connectivity index (χ0) is 19.4. The predicted octanol–water partition coefficient (Wildman–Crippen LogP) is 3.79. The maximum atomic E-state index is 12.7.